The average molecular weight is 373 g/mol. The second-order valence-electron chi connectivity index (χ2n) is 5.71. The fourth-order valence-electron chi connectivity index (χ4n) is 2.28. The zero-order chi connectivity index (χ0) is 19.1. The predicted molar refractivity (Wildman–Crippen MR) is 103 cm³/mol. The van der Waals surface area contributed by atoms with Gasteiger partial charge in [0, 0.05) is 17.9 Å². The van der Waals surface area contributed by atoms with E-state index in [1.54, 1.807) is 12.1 Å². The maximum atomic E-state index is 11.8. The first kappa shape index (κ1) is 19.5. The second-order valence-corrected chi connectivity index (χ2v) is 6.70. The lowest BCUT2D eigenvalue weighted by Gasteiger charge is -2.07. The molecule has 2 aromatic rings. The van der Waals surface area contributed by atoms with E-state index < -0.39 is 4.92 Å². The highest BCUT2D eigenvalue weighted by Crippen LogP contribution is 2.25. The van der Waals surface area contributed by atoms with Gasteiger partial charge in [-0.15, -0.1) is 11.8 Å². The summed E-state index contributed by atoms with van der Waals surface area (Å²) in [4.78, 5) is 21.9. The molecular weight excluding hydrogens is 354 g/mol. The van der Waals surface area contributed by atoms with Crippen molar-refractivity contribution >= 4 is 29.6 Å². The van der Waals surface area contributed by atoms with Crippen LogP contribution in [0.25, 0.3) is 0 Å². The van der Waals surface area contributed by atoms with Gasteiger partial charge >= 0.3 is 0 Å². The van der Waals surface area contributed by atoms with Crippen LogP contribution in [-0.2, 0) is 10.5 Å². The van der Waals surface area contributed by atoms with Crippen LogP contribution in [0.15, 0.2) is 41.5 Å². The number of rotatable bonds is 7. The molecule has 0 radical (unpaired) electrons. The summed E-state index contributed by atoms with van der Waals surface area (Å²) in [5, 5.41) is 24.2. The highest BCUT2D eigenvalue weighted by atomic mass is 32.2. The summed E-state index contributed by atoms with van der Waals surface area (Å²) in [6.07, 6.45) is 1.43. The first-order valence-electron chi connectivity index (χ1n) is 7.80. The molecule has 0 aliphatic heterocycles. The highest BCUT2D eigenvalue weighted by molar-refractivity contribution is 7.99. The van der Waals surface area contributed by atoms with E-state index in [9.17, 15) is 20.0 Å². The quantitative estimate of drug-likeness (QED) is 0.440. The third kappa shape index (κ3) is 5.59. The third-order valence-electron chi connectivity index (χ3n) is 3.56. The average Bonchev–Trinajstić information content (AvgIpc) is 2.60. The number of hydrogen-bond donors (Lipinski definition) is 2. The maximum Gasteiger partial charge on any atom is 0.269 e. The molecule has 0 aromatic heterocycles. The summed E-state index contributed by atoms with van der Waals surface area (Å²) < 4.78 is 0. The van der Waals surface area contributed by atoms with Gasteiger partial charge in [-0.25, -0.2) is 5.43 Å². The summed E-state index contributed by atoms with van der Waals surface area (Å²) >= 11 is 1.45. The van der Waals surface area contributed by atoms with Crippen molar-refractivity contribution in [2.45, 2.75) is 19.6 Å². The number of phenols is 1. The van der Waals surface area contributed by atoms with E-state index in [0.717, 1.165) is 16.7 Å². The van der Waals surface area contributed by atoms with Crippen molar-refractivity contribution in [2.75, 3.05) is 5.75 Å². The Morgan fingerprint density at radius 1 is 1.27 bits per heavy atom. The molecule has 0 spiro atoms. The molecular formula is C18H19N3O4S. The highest BCUT2D eigenvalue weighted by Gasteiger charge is 2.06. The van der Waals surface area contributed by atoms with Crippen molar-refractivity contribution in [3.8, 4) is 5.75 Å². The number of nitrogens with zero attached hydrogens (tertiary/aromatic N) is 2. The lowest BCUT2D eigenvalue weighted by molar-refractivity contribution is -0.384. The zero-order valence-electron chi connectivity index (χ0n) is 14.4. The number of carbonyl (C=O) groups is 1. The van der Waals surface area contributed by atoms with Gasteiger partial charge in [0.1, 0.15) is 5.75 Å². The molecule has 0 fully saturated rings. The number of aryl methyl sites for hydroxylation is 2. The fraction of sp³-hybridized carbons (Fsp3) is 0.222. The monoisotopic (exact) mass is 373 g/mol. The van der Waals surface area contributed by atoms with E-state index in [4.69, 9.17) is 0 Å². The van der Waals surface area contributed by atoms with Crippen molar-refractivity contribution in [3.63, 3.8) is 0 Å². The normalized spacial score (nSPS) is 10.8. The number of nitro groups is 1. The number of aromatic hydroxyl groups is 1. The van der Waals surface area contributed by atoms with Crippen LogP contribution in [0.3, 0.4) is 0 Å². The lowest BCUT2D eigenvalue weighted by atomic mass is 10.1. The smallest absolute Gasteiger partial charge is 0.269 e. The number of phenolic OH excluding ortho intramolecular Hbond substituents is 1. The van der Waals surface area contributed by atoms with Crippen LogP contribution in [-0.4, -0.2) is 27.9 Å². The van der Waals surface area contributed by atoms with Gasteiger partial charge in [-0.3, -0.25) is 14.9 Å². The molecule has 0 bridgehead atoms. The van der Waals surface area contributed by atoms with Gasteiger partial charge in [0.05, 0.1) is 16.9 Å². The molecule has 1 amide bonds. The summed E-state index contributed by atoms with van der Waals surface area (Å²) in [6.45, 7) is 3.69. The van der Waals surface area contributed by atoms with Crippen molar-refractivity contribution in [1.82, 2.24) is 5.43 Å². The standard InChI is InChI=1S/C18H19N3O4S/c1-12-7-15(8-13(2)18(12)23)10-26-11-17(22)20-19-9-14-3-5-16(6-4-14)21(24)25/h3-9,23H,10-11H2,1-2H3,(H,20,22). The van der Waals surface area contributed by atoms with Gasteiger partial charge in [-0.1, -0.05) is 12.1 Å². The number of non-ortho nitro benzene ring substituents is 1. The number of thioether (sulfide) groups is 1. The summed E-state index contributed by atoms with van der Waals surface area (Å²) in [6, 6.07) is 9.66. The molecule has 26 heavy (non-hydrogen) atoms. The van der Waals surface area contributed by atoms with Gasteiger partial charge in [0.2, 0.25) is 5.91 Å². The van der Waals surface area contributed by atoms with Gasteiger partial charge in [0.15, 0.2) is 0 Å². The molecule has 2 N–H and O–H groups in total. The first-order chi connectivity index (χ1) is 12.4. The number of nitrogens with one attached hydrogen (secondary N) is 1. The molecule has 0 aliphatic carbocycles. The molecule has 7 nitrogen and oxygen atoms in total. The molecule has 0 saturated heterocycles. The maximum absolute atomic E-state index is 11.8. The molecule has 8 heteroatoms. The van der Waals surface area contributed by atoms with E-state index in [-0.39, 0.29) is 17.3 Å². The number of hydrazone groups is 1. The molecule has 0 atom stereocenters. The van der Waals surface area contributed by atoms with Crippen molar-refractivity contribution in [2.24, 2.45) is 5.10 Å². The van der Waals surface area contributed by atoms with Gasteiger partial charge < -0.3 is 5.11 Å². The number of carbonyl (C=O) groups excluding carboxylic acids is 1. The predicted octanol–water partition coefficient (Wildman–Crippen LogP) is 3.30. The third-order valence-corrected chi connectivity index (χ3v) is 4.56. The van der Waals surface area contributed by atoms with Gasteiger partial charge in [-0.2, -0.15) is 5.10 Å². The minimum atomic E-state index is -0.475. The van der Waals surface area contributed by atoms with E-state index in [1.165, 1.54) is 30.1 Å². The molecule has 2 rings (SSSR count). The number of benzene rings is 2. The van der Waals surface area contributed by atoms with Crippen LogP contribution in [0, 0.1) is 24.0 Å². The Hall–Kier alpha value is -2.87. The Bertz CT molecular complexity index is 812. The lowest BCUT2D eigenvalue weighted by Crippen LogP contribution is -2.19. The van der Waals surface area contributed by atoms with Gasteiger partial charge in [0.25, 0.3) is 5.69 Å². The van der Waals surface area contributed by atoms with Crippen LogP contribution >= 0.6 is 11.8 Å². The summed E-state index contributed by atoms with van der Waals surface area (Å²) in [7, 11) is 0. The van der Waals surface area contributed by atoms with E-state index in [1.807, 2.05) is 26.0 Å². The summed E-state index contributed by atoms with van der Waals surface area (Å²) in [5.74, 6) is 0.968. The first-order valence-corrected chi connectivity index (χ1v) is 8.95. The zero-order valence-corrected chi connectivity index (χ0v) is 15.2. The Balaban J connectivity index is 1.77. The fourth-order valence-corrected chi connectivity index (χ4v) is 3.04. The van der Waals surface area contributed by atoms with E-state index >= 15 is 0 Å². The topological polar surface area (TPSA) is 105 Å². The Labute approximate surface area is 155 Å². The molecule has 0 aliphatic rings. The van der Waals surface area contributed by atoms with Crippen molar-refractivity contribution in [3.05, 3.63) is 68.8 Å². The number of hydrogen-bond acceptors (Lipinski definition) is 6. The molecule has 0 heterocycles. The summed E-state index contributed by atoms with van der Waals surface area (Å²) in [5.41, 5.74) is 5.76. The Kier molecular flexibility index (Phi) is 6.74. The van der Waals surface area contributed by atoms with Crippen LogP contribution in [0.2, 0.25) is 0 Å². The molecule has 2 aromatic carbocycles. The van der Waals surface area contributed by atoms with Crippen molar-refractivity contribution in [1.29, 1.82) is 0 Å². The molecule has 136 valence electrons. The number of amides is 1. The largest absolute Gasteiger partial charge is 0.507 e. The van der Waals surface area contributed by atoms with E-state index in [2.05, 4.69) is 10.5 Å². The van der Waals surface area contributed by atoms with Crippen LogP contribution in [0.4, 0.5) is 5.69 Å². The van der Waals surface area contributed by atoms with Gasteiger partial charge in [-0.05, 0) is 48.2 Å². The minimum absolute atomic E-state index is 0.00212. The minimum Gasteiger partial charge on any atom is -0.507 e. The van der Waals surface area contributed by atoms with Crippen LogP contribution in [0.5, 0.6) is 5.75 Å². The molecule has 0 saturated carbocycles. The second kappa shape index (κ2) is 9.00. The van der Waals surface area contributed by atoms with Crippen molar-refractivity contribution < 1.29 is 14.8 Å². The Morgan fingerprint density at radius 3 is 2.46 bits per heavy atom. The Morgan fingerprint density at radius 2 is 1.88 bits per heavy atom. The van der Waals surface area contributed by atoms with Crippen LogP contribution < -0.4 is 5.43 Å². The molecule has 0 unspecified atom stereocenters. The van der Waals surface area contributed by atoms with E-state index in [0.29, 0.717) is 17.1 Å². The SMILES string of the molecule is Cc1cc(CSCC(=O)NN=Cc2ccc([N+](=O)[O-])cc2)cc(C)c1O. The van der Waals surface area contributed by atoms with Crippen LogP contribution in [0.1, 0.15) is 22.3 Å². The number of nitro benzene ring substituents is 1.